The lowest BCUT2D eigenvalue weighted by atomic mass is 9.91. The van der Waals surface area contributed by atoms with Crippen LogP contribution in [0, 0.1) is 17.8 Å². The predicted molar refractivity (Wildman–Crippen MR) is 168 cm³/mol. The zero-order chi connectivity index (χ0) is 26.7. The van der Waals surface area contributed by atoms with Gasteiger partial charge >= 0.3 is 0 Å². The molecule has 214 valence electrons. The molecule has 0 aliphatic heterocycles. The summed E-state index contributed by atoms with van der Waals surface area (Å²) in [5.41, 5.74) is 1.59. The average Bonchev–Trinajstić information content (AvgIpc) is 2.83. The van der Waals surface area contributed by atoms with E-state index in [4.69, 9.17) is 0 Å². The third-order valence-corrected chi connectivity index (χ3v) is 8.13. The van der Waals surface area contributed by atoms with Crippen LogP contribution in [0.5, 0.6) is 0 Å². The van der Waals surface area contributed by atoms with Crippen LogP contribution < -0.4 is 0 Å². The standard InChI is InChI=1S/C36H70/c1-7-8-9-10-11-12-13-14-15-16-17-18-19-20-21-22-27-34(4)29-24-31-36(6)32-25-30-35(5)28-23-26-33(2)3/h20-21,27,33,35-36H,7-19,22-26,28-32H2,1-6H3/b21-20?,34-27+/t35-,36+/m1/s1. The van der Waals surface area contributed by atoms with Gasteiger partial charge in [-0.15, -0.1) is 0 Å². The van der Waals surface area contributed by atoms with Crippen LogP contribution in [0.15, 0.2) is 23.8 Å². The lowest BCUT2D eigenvalue weighted by molar-refractivity contribution is 0.389. The normalized spacial score (nSPS) is 14.2. The summed E-state index contributed by atoms with van der Waals surface area (Å²) in [4.78, 5) is 0. The molecule has 0 amide bonds. The summed E-state index contributed by atoms with van der Waals surface area (Å²) < 4.78 is 0. The molecule has 0 N–H and O–H groups in total. The van der Waals surface area contributed by atoms with Crippen LogP contribution in [-0.2, 0) is 0 Å². The maximum atomic E-state index is 2.47. The first-order valence-corrected chi connectivity index (χ1v) is 16.8. The van der Waals surface area contributed by atoms with Gasteiger partial charge in [0.2, 0.25) is 0 Å². The number of allylic oxidation sites excluding steroid dienone is 4. The van der Waals surface area contributed by atoms with Gasteiger partial charge in [0.05, 0.1) is 0 Å². The van der Waals surface area contributed by atoms with E-state index in [1.54, 1.807) is 5.57 Å². The summed E-state index contributed by atoms with van der Waals surface area (Å²) in [6.07, 6.45) is 39.6. The van der Waals surface area contributed by atoms with Crippen LogP contribution in [0.3, 0.4) is 0 Å². The van der Waals surface area contributed by atoms with E-state index < -0.39 is 0 Å². The molecule has 0 fully saturated rings. The third kappa shape index (κ3) is 28.1. The molecule has 0 heteroatoms. The molecule has 0 radical (unpaired) electrons. The Morgan fingerprint density at radius 3 is 1.53 bits per heavy atom. The fourth-order valence-electron chi connectivity index (χ4n) is 5.40. The van der Waals surface area contributed by atoms with Crippen molar-refractivity contribution >= 4 is 0 Å². The molecule has 0 unspecified atom stereocenters. The third-order valence-electron chi connectivity index (χ3n) is 8.13. The van der Waals surface area contributed by atoms with Crippen molar-refractivity contribution in [3.63, 3.8) is 0 Å². The van der Waals surface area contributed by atoms with Gasteiger partial charge in [0.25, 0.3) is 0 Å². The van der Waals surface area contributed by atoms with Crippen molar-refractivity contribution in [1.82, 2.24) is 0 Å². The van der Waals surface area contributed by atoms with E-state index in [0.717, 1.165) is 24.2 Å². The van der Waals surface area contributed by atoms with Gasteiger partial charge in [-0.05, 0) is 56.8 Å². The molecule has 0 aromatic carbocycles. The van der Waals surface area contributed by atoms with Crippen LogP contribution in [-0.4, -0.2) is 0 Å². The summed E-state index contributed by atoms with van der Waals surface area (Å²) in [6, 6.07) is 0. The Bertz CT molecular complexity index is 482. The minimum Gasteiger partial charge on any atom is -0.0882 e. The van der Waals surface area contributed by atoms with Crippen molar-refractivity contribution in [1.29, 1.82) is 0 Å². The Kier molecular flexibility index (Phi) is 27.1. The van der Waals surface area contributed by atoms with Crippen molar-refractivity contribution < 1.29 is 0 Å². The zero-order valence-corrected chi connectivity index (χ0v) is 26.2. The molecule has 0 saturated heterocycles. The van der Waals surface area contributed by atoms with Crippen molar-refractivity contribution in [3.05, 3.63) is 23.8 Å². The molecule has 0 saturated carbocycles. The SMILES string of the molecule is CCCCCCCCCCCCCCC=CC/C=C(\C)CCC[C@H](C)CCC[C@H](C)CCCC(C)C. The lowest BCUT2D eigenvalue weighted by Gasteiger charge is -2.15. The van der Waals surface area contributed by atoms with Gasteiger partial charge in [0.1, 0.15) is 0 Å². The van der Waals surface area contributed by atoms with Crippen LogP contribution in [0.25, 0.3) is 0 Å². The predicted octanol–water partition coefficient (Wildman–Crippen LogP) is 13.4. The van der Waals surface area contributed by atoms with Crippen LogP contribution >= 0.6 is 0 Å². The van der Waals surface area contributed by atoms with Crippen LogP contribution in [0.1, 0.15) is 189 Å². The molecule has 0 aromatic rings. The number of hydrogen-bond donors (Lipinski definition) is 0. The maximum Gasteiger partial charge on any atom is -0.0167 e. The summed E-state index contributed by atoms with van der Waals surface area (Å²) in [5, 5.41) is 0. The molecule has 0 aromatic heterocycles. The Balaban J connectivity index is 3.51. The molecule has 0 aliphatic carbocycles. The number of unbranched alkanes of at least 4 members (excludes halogenated alkanes) is 12. The Morgan fingerprint density at radius 1 is 0.528 bits per heavy atom. The van der Waals surface area contributed by atoms with Crippen molar-refractivity contribution in [2.75, 3.05) is 0 Å². The van der Waals surface area contributed by atoms with E-state index in [1.165, 1.54) is 141 Å². The molecule has 0 spiro atoms. The highest BCUT2D eigenvalue weighted by molar-refractivity contribution is 5.02. The Labute approximate surface area is 230 Å². The summed E-state index contributed by atoms with van der Waals surface area (Å²) >= 11 is 0. The zero-order valence-electron chi connectivity index (χ0n) is 26.2. The first-order chi connectivity index (χ1) is 17.5. The lowest BCUT2D eigenvalue weighted by Crippen LogP contribution is -2.00. The van der Waals surface area contributed by atoms with Crippen molar-refractivity contribution in [2.45, 2.75) is 189 Å². The number of hydrogen-bond acceptors (Lipinski definition) is 0. The smallest absolute Gasteiger partial charge is 0.0167 e. The molecule has 36 heavy (non-hydrogen) atoms. The maximum absolute atomic E-state index is 2.47. The van der Waals surface area contributed by atoms with E-state index in [9.17, 15) is 0 Å². The van der Waals surface area contributed by atoms with Gasteiger partial charge < -0.3 is 0 Å². The van der Waals surface area contributed by atoms with Gasteiger partial charge in [-0.1, -0.05) is 174 Å². The fourth-order valence-corrected chi connectivity index (χ4v) is 5.40. The van der Waals surface area contributed by atoms with E-state index in [2.05, 4.69) is 59.8 Å². The largest absolute Gasteiger partial charge is 0.0882 e. The van der Waals surface area contributed by atoms with Gasteiger partial charge in [0.15, 0.2) is 0 Å². The van der Waals surface area contributed by atoms with Gasteiger partial charge in [0, 0.05) is 0 Å². The van der Waals surface area contributed by atoms with E-state index in [-0.39, 0.29) is 0 Å². The van der Waals surface area contributed by atoms with Crippen molar-refractivity contribution in [3.8, 4) is 0 Å². The summed E-state index contributed by atoms with van der Waals surface area (Å²) in [5.74, 6) is 2.69. The minimum absolute atomic E-state index is 0.870. The number of rotatable bonds is 27. The van der Waals surface area contributed by atoms with Crippen LogP contribution in [0.4, 0.5) is 0 Å². The first-order valence-electron chi connectivity index (χ1n) is 16.8. The van der Waals surface area contributed by atoms with Gasteiger partial charge in [-0.25, -0.2) is 0 Å². The summed E-state index contributed by atoms with van der Waals surface area (Å²) in [6.45, 7) is 14.3. The van der Waals surface area contributed by atoms with E-state index in [0.29, 0.717) is 0 Å². The Morgan fingerprint density at radius 2 is 1.00 bits per heavy atom. The van der Waals surface area contributed by atoms with Crippen LogP contribution in [0.2, 0.25) is 0 Å². The monoisotopic (exact) mass is 503 g/mol. The molecule has 0 aliphatic rings. The highest BCUT2D eigenvalue weighted by Gasteiger charge is 2.06. The second-order valence-corrected chi connectivity index (χ2v) is 12.8. The summed E-state index contributed by atoms with van der Waals surface area (Å²) in [7, 11) is 0. The molecule has 0 heterocycles. The average molecular weight is 503 g/mol. The minimum atomic E-state index is 0.870. The molecular weight excluding hydrogens is 432 g/mol. The topological polar surface area (TPSA) is 0 Å². The quantitative estimate of drug-likeness (QED) is 0.0773. The molecule has 0 rings (SSSR count). The first kappa shape index (κ1) is 35.5. The second-order valence-electron chi connectivity index (χ2n) is 12.8. The van der Waals surface area contributed by atoms with E-state index >= 15 is 0 Å². The van der Waals surface area contributed by atoms with Gasteiger partial charge in [-0.3, -0.25) is 0 Å². The molecule has 0 nitrogen and oxygen atoms in total. The van der Waals surface area contributed by atoms with E-state index in [1.807, 2.05) is 0 Å². The molecule has 0 bridgehead atoms. The highest BCUT2D eigenvalue weighted by atomic mass is 14.1. The Hall–Kier alpha value is -0.520. The fraction of sp³-hybridized carbons (Fsp3) is 0.889. The van der Waals surface area contributed by atoms with Gasteiger partial charge in [-0.2, -0.15) is 0 Å². The highest BCUT2D eigenvalue weighted by Crippen LogP contribution is 2.22. The molecular formula is C36H70. The molecule has 2 atom stereocenters. The second kappa shape index (κ2) is 27.5. The van der Waals surface area contributed by atoms with Crippen molar-refractivity contribution in [2.24, 2.45) is 17.8 Å².